The first kappa shape index (κ1) is 23.9. The topological polar surface area (TPSA) is 205 Å². The van der Waals surface area contributed by atoms with Gasteiger partial charge < -0.3 is 37.4 Å². The standard InChI is InChI=1S/C18H26N4O7/c1-9(23)15(20)17(27)22-13(8-10-2-4-11(24)5-3-10)16(26)21-12(18(28)29)6-7-14(19)25/h2-5,9,12-13,15,23-24H,6-8,20H2,1H3,(H2,19,25)(H,21,26)(H,22,27)(H,28,29). The van der Waals surface area contributed by atoms with E-state index in [4.69, 9.17) is 11.5 Å². The number of nitrogens with one attached hydrogen (secondary N) is 2. The summed E-state index contributed by atoms with van der Waals surface area (Å²) in [5, 5.41) is 32.7. The van der Waals surface area contributed by atoms with Gasteiger partial charge in [-0.15, -0.1) is 0 Å². The van der Waals surface area contributed by atoms with Gasteiger partial charge in [-0.3, -0.25) is 14.4 Å². The number of amides is 3. The van der Waals surface area contributed by atoms with Crippen LogP contribution in [0.3, 0.4) is 0 Å². The maximum atomic E-state index is 12.6. The van der Waals surface area contributed by atoms with Crippen LogP contribution in [0, 0.1) is 0 Å². The molecule has 4 atom stereocenters. The number of phenols is 1. The number of benzene rings is 1. The van der Waals surface area contributed by atoms with Crippen molar-refractivity contribution in [2.24, 2.45) is 11.5 Å². The third kappa shape index (κ3) is 8.15. The van der Waals surface area contributed by atoms with Crippen LogP contribution in [0.1, 0.15) is 25.3 Å². The van der Waals surface area contributed by atoms with Crippen LogP contribution in [-0.4, -0.2) is 63.2 Å². The highest BCUT2D eigenvalue weighted by molar-refractivity contribution is 5.92. The molecule has 0 saturated heterocycles. The van der Waals surface area contributed by atoms with Crippen LogP contribution in [0.25, 0.3) is 0 Å². The highest BCUT2D eigenvalue weighted by atomic mass is 16.4. The van der Waals surface area contributed by atoms with Crippen LogP contribution in [-0.2, 0) is 25.6 Å². The van der Waals surface area contributed by atoms with Gasteiger partial charge in [0.2, 0.25) is 17.7 Å². The zero-order valence-electron chi connectivity index (χ0n) is 15.9. The quantitative estimate of drug-likeness (QED) is 0.216. The predicted molar refractivity (Wildman–Crippen MR) is 101 cm³/mol. The first-order chi connectivity index (χ1) is 13.5. The predicted octanol–water partition coefficient (Wildman–Crippen LogP) is -2.04. The van der Waals surface area contributed by atoms with Gasteiger partial charge in [-0.25, -0.2) is 4.79 Å². The van der Waals surface area contributed by atoms with Crippen molar-refractivity contribution in [1.82, 2.24) is 10.6 Å². The lowest BCUT2D eigenvalue weighted by molar-refractivity contribution is -0.142. The summed E-state index contributed by atoms with van der Waals surface area (Å²) in [6.45, 7) is 1.31. The van der Waals surface area contributed by atoms with Gasteiger partial charge in [0.25, 0.3) is 0 Å². The molecule has 0 bridgehead atoms. The number of aliphatic hydroxyl groups is 1. The van der Waals surface area contributed by atoms with Crippen molar-refractivity contribution < 1.29 is 34.5 Å². The molecule has 1 aromatic rings. The number of carbonyl (C=O) groups is 4. The molecule has 0 aliphatic carbocycles. The van der Waals surface area contributed by atoms with Crippen molar-refractivity contribution in [3.05, 3.63) is 29.8 Å². The summed E-state index contributed by atoms with van der Waals surface area (Å²) in [5.41, 5.74) is 11.2. The molecular weight excluding hydrogens is 384 g/mol. The molecule has 0 heterocycles. The van der Waals surface area contributed by atoms with Crippen LogP contribution >= 0.6 is 0 Å². The average Bonchev–Trinajstić information content (AvgIpc) is 2.64. The highest BCUT2D eigenvalue weighted by Gasteiger charge is 2.29. The summed E-state index contributed by atoms with van der Waals surface area (Å²) in [5.74, 6) is -3.70. The molecule has 11 heteroatoms. The van der Waals surface area contributed by atoms with Crippen LogP contribution in [0.2, 0.25) is 0 Å². The van der Waals surface area contributed by atoms with E-state index >= 15 is 0 Å². The highest BCUT2D eigenvalue weighted by Crippen LogP contribution is 2.12. The van der Waals surface area contributed by atoms with E-state index in [1.54, 1.807) is 0 Å². The van der Waals surface area contributed by atoms with Gasteiger partial charge in [0, 0.05) is 12.8 Å². The number of aliphatic hydroxyl groups excluding tert-OH is 1. The minimum absolute atomic E-state index is 0.00677. The van der Waals surface area contributed by atoms with E-state index in [1.165, 1.54) is 31.2 Å². The lowest BCUT2D eigenvalue weighted by Crippen LogP contribution is -2.57. The Kier molecular flexibility index (Phi) is 9.03. The SMILES string of the molecule is CC(O)C(N)C(=O)NC(Cc1ccc(O)cc1)C(=O)NC(CCC(N)=O)C(=O)O. The number of phenolic OH excluding ortho intramolecular Hbond substituents is 1. The fourth-order valence-electron chi connectivity index (χ4n) is 2.38. The van der Waals surface area contributed by atoms with Crippen molar-refractivity contribution in [3.8, 4) is 5.75 Å². The number of hydrogen-bond donors (Lipinski definition) is 7. The molecule has 160 valence electrons. The van der Waals surface area contributed by atoms with E-state index in [0.29, 0.717) is 5.56 Å². The van der Waals surface area contributed by atoms with Crippen molar-refractivity contribution >= 4 is 23.7 Å². The Balaban J connectivity index is 2.98. The van der Waals surface area contributed by atoms with Gasteiger partial charge in [-0.2, -0.15) is 0 Å². The number of carboxylic acids is 1. The van der Waals surface area contributed by atoms with Gasteiger partial charge in [0.05, 0.1) is 6.10 Å². The third-order valence-electron chi connectivity index (χ3n) is 4.13. The molecule has 0 aliphatic heterocycles. The summed E-state index contributed by atoms with van der Waals surface area (Å²) in [7, 11) is 0. The van der Waals surface area contributed by atoms with Gasteiger partial charge in [-0.05, 0) is 31.0 Å². The van der Waals surface area contributed by atoms with Gasteiger partial charge in [0.1, 0.15) is 23.9 Å². The maximum Gasteiger partial charge on any atom is 0.326 e. The molecular formula is C18H26N4O7. The second-order valence-corrected chi connectivity index (χ2v) is 6.60. The lowest BCUT2D eigenvalue weighted by atomic mass is 10.0. The molecule has 0 aromatic heterocycles. The average molecular weight is 410 g/mol. The number of carbonyl (C=O) groups excluding carboxylic acids is 3. The fourth-order valence-corrected chi connectivity index (χ4v) is 2.38. The number of primary amides is 1. The first-order valence-electron chi connectivity index (χ1n) is 8.84. The number of nitrogens with two attached hydrogens (primary N) is 2. The normalized spacial score (nSPS) is 14.9. The Morgan fingerprint density at radius 2 is 1.59 bits per heavy atom. The summed E-state index contributed by atoms with van der Waals surface area (Å²) < 4.78 is 0. The summed E-state index contributed by atoms with van der Waals surface area (Å²) in [4.78, 5) is 47.1. The van der Waals surface area contributed by atoms with E-state index in [1.807, 2.05) is 0 Å². The monoisotopic (exact) mass is 410 g/mol. The summed E-state index contributed by atoms with van der Waals surface area (Å²) >= 11 is 0. The molecule has 1 aromatic carbocycles. The molecule has 0 radical (unpaired) electrons. The van der Waals surface area contributed by atoms with Crippen molar-refractivity contribution in [2.45, 2.75) is 50.4 Å². The molecule has 9 N–H and O–H groups in total. The van der Waals surface area contributed by atoms with E-state index < -0.39 is 47.9 Å². The molecule has 0 saturated carbocycles. The van der Waals surface area contributed by atoms with E-state index in [2.05, 4.69) is 10.6 Å². The Labute approximate surface area is 167 Å². The molecule has 3 amide bonds. The largest absolute Gasteiger partial charge is 0.508 e. The van der Waals surface area contributed by atoms with E-state index in [0.717, 1.165) is 0 Å². The number of aromatic hydroxyl groups is 1. The number of carboxylic acid groups (broad SMARTS) is 1. The van der Waals surface area contributed by atoms with E-state index in [9.17, 15) is 34.5 Å². The fraction of sp³-hybridized carbons (Fsp3) is 0.444. The molecule has 4 unspecified atom stereocenters. The zero-order chi connectivity index (χ0) is 22.1. The maximum absolute atomic E-state index is 12.6. The van der Waals surface area contributed by atoms with Crippen LogP contribution in [0.5, 0.6) is 5.75 Å². The van der Waals surface area contributed by atoms with Crippen molar-refractivity contribution in [2.75, 3.05) is 0 Å². The zero-order valence-corrected chi connectivity index (χ0v) is 15.9. The molecule has 1 rings (SSSR count). The minimum atomic E-state index is -1.39. The van der Waals surface area contributed by atoms with Crippen LogP contribution < -0.4 is 22.1 Å². The van der Waals surface area contributed by atoms with Gasteiger partial charge in [-0.1, -0.05) is 12.1 Å². The Bertz CT molecular complexity index is 736. The number of hydrogen-bond acceptors (Lipinski definition) is 7. The van der Waals surface area contributed by atoms with Crippen molar-refractivity contribution in [1.29, 1.82) is 0 Å². The van der Waals surface area contributed by atoms with Crippen LogP contribution in [0.4, 0.5) is 0 Å². The molecule has 0 fully saturated rings. The Morgan fingerprint density at radius 1 is 1.03 bits per heavy atom. The number of aliphatic carboxylic acids is 1. The summed E-state index contributed by atoms with van der Waals surface area (Å²) in [6.07, 6.45) is -1.68. The minimum Gasteiger partial charge on any atom is -0.508 e. The van der Waals surface area contributed by atoms with Gasteiger partial charge >= 0.3 is 5.97 Å². The van der Waals surface area contributed by atoms with Crippen LogP contribution in [0.15, 0.2) is 24.3 Å². The number of rotatable bonds is 11. The third-order valence-corrected chi connectivity index (χ3v) is 4.13. The second-order valence-electron chi connectivity index (χ2n) is 6.60. The van der Waals surface area contributed by atoms with Crippen molar-refractivity contribution in [3.63, 3.8) is 0 Å². The van der Waals surface area contributed by atoms with Gasteiger partial charge in [0.15, 0.2) is 0 Å². The summed E-state index contributed by atoms with van der Waals surface area (Å²) in [6, 6.07) is 1.93. The van der Waals surface area contributed by atoms with E-state index in [-0.39, 0.29) is 25.0 Å². The Morgan fingerprint density at radius 3 is 2.07 bits per heavy atom. The molecule has 29 heavy (non-hydrogen) atoms. The smallest absolute Gasteiger partial charge is 0.326 e. The molecule has 0 aliphatic rings. The molecule has 11 nitrogen and oxygen atoms in total. The second kappa shape index (κ2) is 11.0. The first-order valence-corrected chi connectivity index (χ1v) is 8.84. The molecule has 0 spiro atoms. The lowest BCUT2D eigenvalue weighted by Gasteiger charge is -2.23. The Hall–Kier alpha value is -3.18.